The molecule has 0 unspecified atom stereocenters. The average Bonchev–Trinajstić information content (AvgIpc) is 2.31. The Hall–Kier alpha value is -1.92. The number of nitrogen functional groups attached to an aromatic ring is 1. The maximum atomic E-state index is 8.75. The summed E-state index contributed by atoms with van der Waals surface area (Å²) in [5.74, 6) is 0.204. The van der Waals surface area contributed by atoms with Gasteiger partial charge in [0.05, 0.1) is 0 Å². The predicted octanol–water partition coefficient (Wildman–Crippen LogP) is -0.959. The first kappa shape index (κ1) is 5.83. The van der Waals surface area contributed by atoms with Crippen LogP contribution in [0.2, 0.25) is 0 Å². The molecule has 0 fully saturated rings. The Morgan fingerprint density at radius 1 is 1.36 bits per heavy atom. The molecule has 0 radical (unpaired) electrons. The van der Waals surface area contributed by atoms with Gasteiger partial charge in [0.25, 0.3) is 0 Å². The van der Waals surface area contributed by atoms with Crippen LogP contribution in [0.3, 0.4) is 0 Å². The quantitative estimate of drug-likeness (QED) is 0.471. The molecule has 7 heteroatoms. The van der Waals surface area contributed by atoms with Crippen molar-refractivity contribution in [2.24, 2.45) is 0 Å². The van der Waals surface area contributed by atoms with Gasteiger partial charge in [0.15, 0.2) is 11.3 Å². The van der Waals surface area contributed by atoms with E-state index >= 15 is 0 Å². The van der Waals surface area contributed by atoms with E-state index in [1.807, 2.05) is 0 Å². The van der Waals surface area contributed by atoms with Gasteiger partial charge in [-0.1, -0.05) is 5.10 Å². The standard InChI is InChI=1S/C4H4N6O/c5-3-2-4(7-1-6-3)9-10(11)8-2/h1,11H,(H2,5,6,7,9). The molecule has 2 aromatic heterocycles. The Morgan fingerprint density at radius 3 is 2.91 bits per heavy atom. The van der Waals surface area contributed by atoms with E-state index < -0.39 is 0 Å². The molecule has 3 N–H and O–H groups in total. The van der Waals surface area contributed by atoms with Crippen LogP contribution in [0.25, 0.3) is 11.2 Å². The Labute approximate surface area is 60.4 Å². The normalized spacial score (nSPS) is 10.5. The maximum absolute atomic E-state index is 8.75. The van der Waals surface area contributed by atoms with Crippen LogP contribution in [-0.2, 0) is 0 Å². The Morgan fingerprint density at radius 2 is 2.18 bits per heavy atom. The lowest BCUT2D eigenvalue weighted by atomic mass is 10.5. The van der Waals surface area contributed by atoms with E-state index in [2.05, 4.69) is 20.2 Å². The minimum atomic E-state index is 0.204. The van der Waals surface area contributed by atoms with Crippen molar-refractivity contribution in [1.29, 1.82) is 0 Å². The zero-order valence-corrected chi connectivity index (χ0v) is 5.34. The van der Waals surface area contributed by atoms with Gasteiger partial charge in [0.2, 0.25) is 5.65 Å². The molecule has 0 bridgehead atoms. The van der Waals surface area contributed by atoms with E-state index in [1.54, 1.807) is 0 Å². The molecule has 56 valence electrons. The molecular formula is C4H4N6O. The third-order valence-corrected chi connectivity index (χ3v) is 1.20. The molecule has 2 aromatic rings. The van der Waals surface area contributed by atoms with Crippen LogP contribution >= 0.6 is 0 Å². The number of nitrogens with two attached hydrogens (primary N) is 1. The van der Waals surface area contributed by atoms with E-state index in [-0.39, 0.29) is 11.5 Å². The summed E-state index contributed by atoms with van der Waals surface area (Å²) in [6, 6.07) is 0. The fourth-order valence-corrected chi connectivity index (χ4v) is 0.748. The fraction of sp³-hybridized carbons (Fsp3) is 0. The van der Waals surface area contributed by atoms with Crippen LogP contribution in [0, 0.1) is 0 Å². The number of fused-ring (bicyclic) bond motifs is 1. The molecular weight excluding hydrogens is 148 g/mol. The highest BCUT2D eigenvalue weighted by molar-refractivity contribution is 5.79. The number of aromatic nitrogens is 5. The maximum Gasteiger partial charge on any atom is 0.210 e. The third kappa shape index (κ3) is 0.741. The van der Waals surface area contributed by atoms with E-state index in [1.165, 1.54) is 6.33 Å². The van der Waals surface area contributed by atoms with Crippen LogP contribution in [0.15, 0.2) is 6.33 Å². The van der Waals surface area contributed by atoms with Gasteiger partial charge in [-0.3, -0.25) is 0 Å². The number of anilines is 1. The first-order valence-electron chi connectivity index (χ1n) is 2.80. The van der Waals surface area contributed by atoms with Crippen LogP contribution in [-0.4, -0.2) is 30.3 Å². The second-order valence-electron chi connectivity index (χ2n) is 1.90. The van der Waals surface area contributed by atoms with Gasteiger partial charge in [-0.25, -0.2) is 9.97 Å². The first-order valence-corrected chi connectivity index (χ1v) is 2.80. The van der Waals surface area contributed by atoms with Crippen molar-refractivity contribution >= 4 is 17.0 Å². The zero-order chi connectivity index (χ0) is 7.84. The second kappa shape index (κ2) is 1.78. The van der Waals surface area contributed by atoms with Crippen molar-refractivity contribution in [3.63, 3.8) is 0 Å². The number of nitrogens with zero attached hydrogens (tertiary/aromatic N) is 5. The molecule has 11 heavy (non-hydrogen) atoms. The molecule has 7 nitrogen and oxygen atoms in total. The van der Waals surface area contributed by atoms with E-state index in [4.69, 9.17) is 10.9 Å². The van der Waals surface area contributed by atoms with Crippen molar-refractivity contribution in [2.75, 3.05) is 5.73 Å². The monoisotopic (exact) mass is 152 g/mol. The van der Waals surface area contributed by atoms with E-state index in [0.717, 1.165) is 0 Å². The van der Waals surface area contributed by atoms with E-state index in [9.17, 15) is 0 Å². The number of rotatable bonds is 0. The molecule has 0 aromatic carbocycles. The van der Waals surface area contributed by atoms with Crippen LogP contribution in [0.1, 0.15) is 0 Å². The van der Waals surface area contributed by atoms with Crippen LogP contribution in [0.5, 0.6) is 0 Å². The largest absolute Gasteiger partial charge is 0.396 e. The Balaban J connectivity index is 2.90. The predicted molar refractivity (Wildman–Crippen MR) is 34.7 cm³/mol. The highest BCUT2D eigenvalue weighted by Crippen LogP contribution is 2.08. The number of hydrogen-bond donors (Lipinski definition) is 2. The van der Waals surface area contributed by atoms with Crippen LogP contribution in [0.4, 0.5) is 5.82 Å². The van der Waals surface area contributed by atoms with Crippen molar-refractivity contribution in [3.05, 3.63) is 6.33 Å². The van der Waals surface area contributed by atoms with E-state index in [0.29, 0.717) is 10.5 Å². The minimum Gasteiger partial charge on any atom is -0.396 e. The molecule has 2 heterocycles. The topological polar surface area (TPSA) is 103 Å². The van der Waals surface area contributed by atoms with Crippen molar-refractivity contribution < 1.29 is 5.21 Å². The third-order valence-electron chi connectivity index (χ3n) is 1.20. The van der Waals surface area contributed by atoms with Crippen molar-refractivity contribution in [2.45, 2.75) is 0 Å². The van der Waals surface area contributed by atoms with Gasteiger partial charge < -0.3 is 10.9 Å². The van der Waals surface area contributed by atoms with Gasteiger partial charge in [0, 0.05) is 0 Å². The summed E-state index contributed by atoms with van der Waals surface area (Å²) in [6.45, 7) is 0. The highest BCUT2D eigenvalue weighted by Gasteiger charge is 2.05. The lowest BCUT2D eigenvalue weighted by Gasteiger charge is -1.86. The molecule has 0 spiro atoms. The summed E-state index contributed by atoms with van der Waals surface area (Å²) < 4.78 is 0. The van der Waals surface area contributed by atoms with Gasteiger partial charge in [-0.05, 0) is 4.96 Å². The molecule has 0 aliphatic rings. The Bertz CT molecular complexity index is 394. The molecule has 0 aliphatic carbocycles. The van der Waals surface area contributed by atoms with Gasteiger partial charge in [0.1, 0.15) is 6.33 Å². The molecule has 0 atom stereocenters. The summed E-state index contributed by atoms with van der Waals surface area (Å²) in [6.07, 6.45) is 1.26. The summed E-state index contributed by atoms with van der Waals surface area (Å²) >= 11 is 0. The first-order chi connectivity index (χ1) is 5.27. The highest BCUT2D eigenvalue weighted by atomic mass is 16.5. The Kier molecular flexibility index (Phi) is 0.945. The smallest absolute Gasteiger partial charge is 0.210 e. The number of hydrogen-bond acceptors (Lipinski definition) is 6. The minimum absolute atomic E-state index is 0.204. The lowest BCUT2D eigenvalue weighted by Crippen LogP contribution is -1.94. The summed E-state index contributed by atoms with van der Waals surface area (Å²) in [5.41, 5.74) is 5.97. The van der Waals surface area contributed by atoms with Gasteiger partial charge >= 0.3 is 0 Å². The van der Waals surface area contributed by atoms with Gasteiger partial charge in [-0.2, -0.15) is 0 Å². The van der Waals surface area contributed by atoms with Crippen molar-refractivity contribution in [3.8, 4) is 0 Å². The molecule has 0 saturated heterocycles. The molecule has 0 amide bonds. The fourth-order valence-electron chi connectivity index (χ4n) is 0.748. The van der Waals surface area contributed by atoms with Crippen LogP contribution < -0.4 is 5.73 Å². The molecule has 2 rings (SSSR count). The van der Waals surface area contributed by atoms with Gasteiger partial charge in [-0.15, -0.1) is 5.10 Å². The zero-order valence-electron chi connectivity index (χ0n) is 5.34. The second-order valence-corrected chi connectivity index (χ2v) is 1.90. The summed E-state index contributed by atoms with van der Waals surface area (Å²) in [7, 11) is 0. The lowest BCUT2D eigenvalue weighted by molar-refractivity contribution is 0.113. The molecule has 0 saturated carbocycles. The van der Waals surface area contributed by atoms with Crippen molar-refractivity contribution in [1.82, 2.24) is 25.1 Å². The SMILES string of the molecule is Nc1ncnc2nn(O)nc12. The summed E-state index contributed by atoms with van der Waals surface area (Å²) in [4.78, 5) is 7.79. The average molecular weight is 152 g/mol. The summed E-state index contributed by atoms with van der Waals surface area (Å²) in [5, 5.41) is 15.8. The molecule has 0 aliphatic heterocycles.